The van der Waals surface area contributed by atoms with Crippen molar-refractivity contribution in [3.05, 3.63) is 0 Å². The standard InChI is InChI=1S/C7H14ClN/c1-3-9-5-4-7(8)6(9)2/h6-7H,3-5H2,1-2H3/t6-,7-/m1/s1. The number of nitrogens with zero attached hydrogens (tertiary/aromatic N) is 1. The predicted molar refractivity (Wildman–Crippen MR) is 41.0 cm³/mol. The van der Waals surface area contributed by atoms with Crippen molar-refractivity contribution < 1.29 is 0 Å². The van der Waals surface area contributed by atoms with Gasteiger partial charge in [0.2, 0.25) is 0 Å². The summed E-state index contributed by atoms with van der Waals surface area (Å²) in [7, 11) is 0. The molecule has 0 saturated carbocycles. The molecule has 0 aromatic carbocycles. The van der Waals surface area contributed by atoms with Crippen molar-refractivity contribution in [2.24, 2.45) is 0 Å². The van der Waals surface area contributed by atoms with Crippen LogP contribution in [0.4, 0.5) is 0 Å². The molecule has 1 fully saturated rings. The summed E-state index contributed by atoms with van der Waals surface area (Å²) in [5.74, 6) is 0. The maximum atomic E-state index is 5.99. The largest absolute Gasteiger partial charge is 0.299 e. The average Bonchev–Trinajstić information content (AvgIpc) is 2.15. The third-order valence-corrected chi connectivity index (χ3v) is 2.78. The Morgan fingerprint density at radius 2 is 2.33 bits per heavy atom. The quantitative estimate of drug-likeness (QED) is 0.511. The second-order valence-electron chi connectivity index (χ2n) is 2.67. The molecule has 0 amide bonds. The van der Waals surface area contributed by atoms with Crippen LogP contribution in [0, 0.1) is 0 Å². The van der Waals surface area contributed by atoms with Crippen LogP contribution in [0.5, 0.6) is 0 Å². The zero-order valence-corrected chi connectivity index (χ0v) is 6.86. The third-order valence-electron chi connectivity index (χ3n) is 2.20. The highest BCUT2D eigenvalue weighted by Gasteiger charge is 2.26. The zero-order chi connectivity index (χ0) is 6.85. The molecule has 0 aromatic rings. The minimum absolute atomic E-state index is 0.393. The van der Waals surface area contributed by atoms with Gasteiger partial charge in [0.1, 0.15) is 0 Å². The molecule has 54 valence electrons. The van der Waals surface area contributed by atoms with Gasteiger partial charge in [-0.15, -0.1) is 11.6 Å². The summed E-state index contributed by atoms with van der Waals surface area (Å²) in [6, 6.07) is 0.594. The van der Waals surface area contributed by atoms with E-state index < -0.39 is 0 Å². The van der Waals surface area contributed by atoms with Gasteiger partial charge in [-0.05, 0) is 26.4 Å². The Labute approximate surface area is 62.0 Å². The summed E-state index contributed by atoms with van der Waals surface area (Å²) in [5, 5.41) is 0.393. The Morgan fingerprint density at radius 1 is 1.67 bits per heavy atom. The fraction of sp³-hybridized carbons (Fsp3) is 1.00. The van der Waals surface area contributed by atoms with Gasteiger partial charge in [-0.3, -0.25) is 4.90 Å². The molecule has 0 N–H and O–H groups in total. The fourth-order valence-electron chi connectivity index (χ4n) is 1.41. The van der Waals surface area contributed by atoms with Gasteiger partial charge in [-0.1, -0.05) is 6.92 Å². The van der Waals surface area contributed by atoms with E-state index in [0.29, 0.717) is 11.4 Å². The van der Waals surface area contributed by atoms with Gasteiger partial charge in [0.25, 0.3) is 0 Å². The molecule has 1 saturated heterocycles. The highest BCUT2D eigenvalue weighted by atomic mass is 35.5. The third kappa shape index (κ3) is 1.39. The van der Waals surface area contributed by atoms with E-state index in [1.807, 2.05) is 0 Å². The molecule has 2 atom stereocenters. The van der Waals surface area contributed by atoms with Crippen LogP contribution in [0.2, 0.25) is 0 Å². The van der Waals surface area contributed by atoms with E-state index in [1.54, 1.807) is 0 Å². The molecule has 0 spiro atoms. The van der Waals surface area contributed by atoms with Crippen LogP contribution in [-0.2, 0) is 0 Å². The number of rotatable bonds is 1. The molecular weight excluding hydrogens is 134 g/mol. The Morgan fingerprint density at radius 3 is 2.56 bits per heavy atom. The number of likely N-dealkylation sites (tertiary alicyclic amines) is 1. The summed E-state index contributed by atoms with van der Waals surface area (Å²) in [6.07, 6.45) is 1.16. The highest BCUT2D eigenvalue weighted by molar-refractivity contribution is 6.21. The molecule has 0 aliphatic carbocycles. The molecule has 1 rings (SSSR count). The lowest BCUT2D eigenvalue weighted by molar-refractivity contribution is 0.285. The molecule has 0 bridgehead atoms. The van der Waals surface area contributed by atoms with E-state index in [0.717, 1.165) is 13.0 Å². The van der Waals surface area contributed by atoms with Crippen LogP contribution < -0.4 is 0 Å². The zero-order valence-electron chi connectivity index (χ0n) is 6.10. The summed E-state index contributed by atoms with van der Waals surface area (Å²) in [6.45, 7) is 6.72. The number of halogens is 1. The topological polar surface area (TPSA) is 3.24 Å². The van der Waals surface area contributed by atoms with Gasteiger partial charge in [-0.25, -0.2) is 0 Å². The molecule has 1 nitrogen and oxygen atoms in total. The Bertz CT molecular complexity index is 94.9. The molecule has 2 heteroatoms. The first kappa shape index (κ1) is 7.36. The molecular formula is C7H14ClN. The molecule has 1 aliphatic heterocycles. The van der Waals surface area contributed by atoms with E-state index in [2.05, 4.69) is 18.7 Å². The lowest BCUT2D eigenvalue weighted by atomic mass is 10.2. The van der Waals surface area contributed by atoms with Crippen LogP contribution in [0.3, 0.4) is 0 Å². The van der Waals surface area contributed by atoms with Gasteiger partial charge in [0, 0.05) is 6.04 Å². The summed E-state index contributed by atoms with van der Waals surface area (Å²) in [4.78, 5) is 2.41. The summed E-state index contributed by atoms with van der Waals surface area (Å²) < 4.78 is 0. The highest BCUT2D eigenvalue weighted by Crippen LogP contribution is 2.21. The monoisotopic (exact) mass is 147 g/mol. The van der Waals surface area contributed by atoms with Gasteiger partial charge < -0.3 is 0 Å². The molecule has 0 aromatic heterocycles. The number of alkyl halides is 1. The van der Waals surface area contributed by atoms with Gasteiger partial charge in [0.15, 0.2) is 0 Å². The Hall–Kier alpha value is 0.250. The van der Waals surface area contributed by atoms with E-state index in [9.17, 15) is 0 Å². The lowest BCUT2D eigenvalue weighted by Gasteiger charge is -2.19. The van der Waals surface area contributed by atoms with E-state index in [4.69, 9.17) is 11.6 Å². The van der Waals surface area contributed by atoms with Crippen molar-refractivity contribution in [2.75, 3.05) is 13.1 Å². The molecule has 0 radical (unpaired) electrons. The smallest absolute Gasteiger partial charge is 0.0501 e. The van der Waals surface area contributed by atoms with Gasteiger partial charge >= 0.3 is 0 Å². The minimum atomic E-state index is 0.393. The summed E-state index contributed by atoms with van der Waals surface area (Å²) >= 11 is 5.99. The first-order valence-electron chi connectivity index (χ1n) is 3.63. The Kier molecular flexibility index (Phi) is 2.36. The van der Waals surface area contributed by atoms with Crippen molar-refractivity contribution in [3.8, 4) is 0 Å². The van der Waals surface area contributed by atoms with Crippen LogP contribution >= 0.6 is 11.6 Å². The van der Waals surface area contributed by atoms with E-state index in [1.165, 1.54) is 6.54 Å². The van der Waals surface area contributed by atoms with Crippen LogP contribution in [0.15, 0.2) is 0 Å². The van der Waals surface area contributed by atoms with Crippen LogP contribution in [0.1, 0.15) is 20.3 Å². The van der Waals surface area contributed by atoms with Crippen LogP contribution in [-0.4, -0.2) is 29.4 Å². The van der Waals surface area contributed by atoms with Gasteiger partial charge in [-0.2, -0.15) is 0 Å². The van der Waals surface area contributed by atoms with E-state index in [-0.39, 0.29) is 0 Å². The lowest BCUT2D eigenvalue weighted by Crippen LogP contribution is -2.29. The fourth-order valence-corrected chi connectivity index (χ4v) is 1.67. The number of hydrogen-bond acceptors (Lipinski definition) is 1. The summed E-state index contributed by atoms with van der Waals surface area (Å²) in [5.41, 5.74) is 0. The average molecular weight is 148 g/mol. The van der Waals surface area contributed by atoms with Crippen molar-refractivity contribution in [3.63, 3.8) is 0 Å². The van der Waals surface area contributed by atoms with Crippen molar-refractivity contribution >= 4 is 11.6 Å². The molecule has 1 heterocycles. The first-order valence-corrected chi connectivity index (χ1v) is 4.07. The molecule has 0 unspecified atom stereocenters. The predicted octanol–water partition coefficient (Wildman–Crippen LogP) is 1.71. The SMILES string of the molecule is CCN1CC[C@@H](Cl)[C@H]1C. The van der Waals surface area contributed by atoms with Crippen molar-refractivity contribution in [1.82, 2.24) is 4.90 Å². The molecule has 1 aliphatic rings. The maximum absolute atomic E-state index is 5.99. The van der Waals surface area contributed by atoms with Crippen molar-refractivity contribution in [1.29, 1.82) is 0 Å². The maximum Gasteiger partial charge on any atom is 0.0501 e. The van der Waals surface area contributed by atoms with Crippen molar-refractivity contribution in [2.45, 2.75) is 31.7 Å². The molecule has 9 heavy (non-hydrogen) atoms. The second kappa shape index (κ2) is 2.89. The minimum Gasteiger partial charge on any atom is -0.299 e. The van der Waals surface area contributed by atoms with Gasteiger partial charge in [0.05, 0.1) is 5.38 Å². The first-order chi connectivity index (χ1) is 4.25. The Balaban J connectivity index is 2.41. The number of hydrogen-bond donors (Lipinski definition) is 0. The van der Waals surface area contributed by atoms with E-state index >= 15 is 0 Å². The van der Waals surface area contributed by atoms with Crippen LogP contribution in [0.25, 0.3) is 0 Å². The second-order valence-corrected chi connectivity index (χ2v) is 3.23. The normalized spacial score (nSPS) is 37.7.